The first-order chi connectivity index (χ1) is 12.2. The average molecular weight is 358 g/mol. The molecule has 26 heavy (non-hydrogen) atoms. The van der Waals surface area contributed by atoms with E-state index in [-0.39, 0.29) is 40.8 Å². The molecule has 2 fully saturated rings. The fraction of sp³-hybridized carbons (Fsp3) is 0.682. The molecule has 2 aliphatic carbocycles. The molecule has 0 spiro atoms. The van der Waals surface area contributed by atoms with Crippen LogP contribution in [-0.4, -0.2) is 29.2 Å². The van der Waals surface area contributed by atoms with E-state index in [0.29, 0.717) is 12.4 Å². The number of allylic oxidation sites excluding steroid dienone is 4. The zero-order valence-corrected chi connectivity index (χ0v) is 16.2. The Balaban J connectivity index is 1.73. The van der Waals surface area contributed by atoms with Crippen molar-refractivity contribution in [3.63, 3.8) is 0 Å². The number of rotatable bonds is 0. The van der Waals surface area contributed by atoms with Gasteiger partial charge in [0, 0.05) is 12.3 Å². The van der Waals surface area contributed by atoms with Gasteiger partial charge in [0.2, 0.25) is 5.78 Å². The lowest BCUT2D eigenvalue weighted by Gasteiger charge is -2.47. The number of aliphatic hydroxyl groups excluding tert-OH is 1. The molecule has 0 aromatic rings. The summed E-state index contributed by atoms with van der Waals surface area (Å²) < 4.78 is 12.5. The van der Waals surface area contributed by atoms with Gasteiger partial charge in [0.25, 0.3) is 0 Å². The van der Waals surface area contributed by atoms with Crippen LogP contribution in [-0.2, 0) is 14.3 Å². The van der Waals surface area contributed by atoms with Gasteiger partial charge >= 0.3 is 0 Å². The van der Waals surface area contributed by atoms with Crippen molar-refractivity contribution < 1.29 is 19.4 Å². The van der Waals surface area contributed by atoms with Crippen LogP contribution < -0.4 is 0 Å². The zero-order valence-electron chi connectivity index (χ0n) is 16.2. The van der Waals surface area contributed by atoms with Gasteiger partial charge in [0.05, 0.1) is 24.5 Å². The van der Waals surface area contributed by atoms with Crippen molar-refractivity contribution in [2.24, 2.45) is 23.2 Å². The van der Waals surface area contributed by atoms with Gasteiger partial charge in [-0.15, -0.1) is 0 Å². The third-order valence-electron chi connectivity index (χ3n) is 6.80. The fourth-order valence-electron chi connectivity index (χ4n) is 5.10. The summed E-state index contributed by atoms with van der Waals surface area (Å²) in [6.07, 6.45) is 10.6. The molecule has 1 N–H and O–H groups in total. The fourth-order valence-corrected chi connectivity index (χ4v) is 5.10. The first kappa shape index (κ1) is 17.8. The van der Waals surface area contributed by atoms with E-state index in [1.54, 1.807) is 0 Å². The van der Waals surface area contributed by atoms with E-state index in [2.05, 4.69) is 45.9 Å². The summed E-state index contributed by atoms with van der Waals surface area (Å²) >= 11 is 0. The van der Waals surface area contributed by atoms with Crippen LogP contribution in [0, 0.1) is 23.2 Å². The molecule has 0 aromatic carbocycles. The topological polar surface area (TPSA) is 55.8 Å². The molecule has 2 saturated heterocycles. The summed E-state index contributed by atoms with van der Waals surface area (Å²) in [7, 11) is 0. The third-order valence-corrected chi connectivity index (χ3v) is 6.80. The van der Waals surface area contributed by atoms with Crippen LogP contribution in [0.15, 0.2) is 35.3 Å². The molecule has 5 unspecified atom stereocenters. The van der Waals surface area contributed by atoms with Crippen molar-refractivity contribution in [1.29, 1.82) is 0 Å². The van der Waals surface area contributed by atoms with Crippen LogP contribution in [0.1, 0.15) is 53.4 Å². The maximum atomic E-state index is 12.4. The summed E-state index contributed by atoms with van der Waals surface area (Å²) in [6.45, 7) is 9.21. The maximum absolute atomic E-state index is 12.4. The molecule has 0 bridgehead atoms. The van der Waals surface area contributed by atoms with Crippen molar-refractivity contribution >= 4 is 5.78 Å². The highest BCUT2D eigenvalue weighted by molar-refractivity contribution is 5.99. The zero-order chi connectivity index (χ0) is 18.7. The second-order valence-corrected chi connectivity index (χ2v) is 9.42. The Kier molecular flexibility index (Phi) is 4.11. The molecule has 4 heteroatoms. The Morgan fingerprint density at radius 3 is 2.77 bits per heavy atom. The number of carbonyl (C=O) groups is 1. The minimum atomic E-state index is -0.471. The number of ketones is 1. The van der Waals surface area contributed by atoms with E-state index < -0.39 is 5.60 Å². The first-order valence-electron chi connectivity index (χ1n) is 9.83. The molecule has 4 rings (SSSR count). The van der Waals surface area contributed by atoms with Crippen LogP contribution in [0.5, 0.6) is 0 Å². The van der Waals surface area contributed by atoms with Crippen LogP contribution in [0.4, 0.5) is 0 Å². The van der Waals surface area contributed by atoms with Gasteiger partial charge in [0.15, 0.2) is 5.76 Å². The van der Waals surface area contributed by atoms with E-state index in [0.717, 1.165) is 25.7 Å². The quantitative estimate of drug-likeness (QED) is 0.649. The van der Waals surface area contributed by atoms with Crippen molar-refractivity contribution in [1.82, 2.24) is 0 Å². The van der Waals surface area contributed by atoms with Gasteiger partial charge in [-0.05, 0) is 38.5 Å². The number of ether oxygens (including phenoxy) is 2. The molecule has 0 aromatic heterocycles. The molecule has 2 aliphatic heterocycles. The van der Waals surface area contributed by atoms with Crippen LogP contribution in [0.25, 0.3) is 0 Å². The Hall–Kier alpha value is -1.55. The molecule has 5 atom stereocenters. The lowest BCUT2D eigenvalue weighted by molar-refractivity contribution is -0.139. The maximum Gasteiger partial charge on any atom is 0.206 e. The van der Waals surface area contributed by atoms with Gasteiger partial charge in [-0.2, -0.15) is 0 Å². The van der Waals surface area contributed by atoms with Gasteiger partial charge in [0.1, 0.15) is 11.4 Å². The minimum Gasteiger partial charge on any atom is -0.502 e. The van der Waals surface area contributed by atoms with Gasteiger partial charge in [-0.3, -0.25) is 4.79 Å². The summed E-state index contributed by atoms with van der Waals surface area (Å²) in [5.74, 6) is -0.0449. The van der Waals surface area contributed by atoms with Crippen LogP contribution >= 0.6 is 0 Å². The number of Topliss-reactive ketones (excluding diaryl/α,β-unsaturated/α-hetero) is 1. The van der Waals surface area contributed by atoms with E-state index in [9.17, 15) is 9.90 Å². The summed E-state index contributed by atoms with van der Waals surface area (Å²) in [6, 6.07) is 0. The summed E-state index contributed by atoms with van der Waals surface area (Å²) in [4.78, 5) is 12.4. The lowest BCUT2D eigenvalue weighted by atomic mass is 9.71. The smallest absolute Gasteiger partial charge is 0.206 e. The van der Waals surface area contributed by atoms with Crippen LogP contribution in [0.3, 0.4) is 0 Å². The Morgan fingerprint density at radius 1 is 1.23 bits per heavy atom. The lowest BCUT2D eigenvalue weighted by Crippen LogP contribution is -2.51. The molecule has 142 valence electrons. The number of hydrogen-bond donors (Lipinski definition) is 1. The van der Waals surface area contributed by atoms with Gasteiger partial charge in [-0.25, -0.2) is 0 Å². The Labute approximate surface area is 155 Å². The number of aliphatic hydroxyl groups is 1. The first-order valence-corrected chi connectivity index (χ1v) is 9.83. The van der Waals surface area contributed by atoms with Crippen LogP contribution in [0.2, 0.25) is 0 Å². The number of carbonyl (C=O) groups excluding carboxylic acids is 1. The molecule has 2 heterocycles. The molecule has 0 amide bonds. The minimum absolute atomic E-state index is 0.0442. The second-order valence-electron chi connectivity index (χ2n) is 9.42. The summed E-state index contributed by atoms with van der Waals surface area (Å²) in [5, 5.41) is 10.3. The van der Waals surface area contributed by atoms with Crippen molar-refractivity contribution in [3.05, 3.63) is 35.3 Å². The Morgan fingerprint density at radius 2 is 2.00 bits per heavy atom. The SMILES string of the molecule is CC1=CCC(C)(C)C=CCC2(C)OC3=C(O)C(=O)C4COC(C34)C2CC1. The van der Waals surface area contributed by atoms with E-state index in [1.165, 1.54) is 5.57 Å². The van der Waals surface area contributed by atoms with E-state index in [1.807, 2.05) is 0 Å². The standard InChI is InChI=1S/C22H30O4/c1-13-6-7-15-19-16-14(12-25-19)17(23)18(24)20(16)26-22(15,4)10-5-9-21(2,3)11-8-13/h5,8-9,14-16,19,24H,6-7,10-12H2,1-4H3. The predicted octanol–water partition coefficient (Wildman–Crippen LogP) is 4.48. The molecule has 0 radical (unpaired) electrons. The number of hydrogen-bond acceptors (Lipinski definition) is 4. The predicted molar refractivity (Wildman–Crippen MR) is 99.5 cm³/mol. The normalized spacial score (nSPS) is 41.8. The highest BCUT2D eigenvalue weighted by Crippen LogP contribution is 2.54. The highest BCUT2D eigenvalue weighted by atomic mass is 16.5. The average Bonchev–Trinajstić information content (AvgIpc) is 3.09. The highest BCUT2D eigenvalue weighted by Gasteiger charge is 2.61. The number of fused-ring (bicyclic) bond motifs is 2. The summed E-state index contributed by atoms with van der Waals surface area (Å²) in [5.41, 5.74) is 1.03. The van der Waals surface area contributed by atoms with Gasteiger partial charge in [-0.1, -0.05) is 37.6 Å². The van der Waals surface area contributed by atoms with Crippen molar-refractivity contribution in [2.45, 2.75) is 65.1 Å². The van der Waals surface area contributed by atoms with E-state index >= 15 is 0 Å². The molecule has 0 saturated carbocycles. The molecule has 4 aliphatic rings. The molecular formula is C22H30O4. The van der Waals surface area contributed by atoms with Gasteiger partial charge < -0.3 is 14.6 Å². The largest absolute Gasteiger partial charge is 0.502 e. The molecule has 4 nitrogen and oxygen atoms in total. The molecular weight excluding hydrogens is 328 g/mol. The monoisotopic (exact) mass is 358 g/mol. The van der Waals surface area contributed by atoms with Crippen molar-refractivity contribution in [3.8, 4) is 0 Å². The third kappa shape index (κ3) is 2.74. The van der Waals surface area contributed by atoms with Crippen molar-refractivity contribution in [2.75, 3.05) is 6.61 Å². The second kappa shape index (κ2) is 5.98. The van der Waals surface area contributed by atoms with E-state index in [4.69, 9.17) is 9.47 Å². The Bertz CT molecular complexity index is 714.